The molecule has 0 heterocycles. The molecule has 0 unspecified atom stereocenters. The molecule has 0 saturated heterocycles. The second-order valence-electron chi connectivity index (χ2n) is 6.44. The Balaban J connectivity index is 2.22. The van der Waals surface area contributed by atoms with E-state index in [1.165, 1.54) is 64.2 Å². The van der Waals surface area contributed by atoms with Crippen molar-refractivity contribution in [3.8, 4) is 0 Å². The Labute approximate surface area is 129 Å². The highest BCUT2D eigenvalue weighted by atomic mass is 79.9. The number of halogens is 1. The third-order valence-electron chi connectivity index (χ3n) is 4.83. The number of hydrogen-bond acceptors (Lipinski definition) is 1. The predicted octanol–water partition coefficient (Wildman–Crippen LogP) is 5.95. The first-order chi connectivity index (χ1) is 9.26. The SMILES string of the molecule is CCCCOCCC1(CBr)CCC(CCCC)CC1. The molecule has 2 heteroatoms. The number of alkyl halides is 1. The van der Waals surface area contributed by atoms with Gasteiger partial charge < -0.3 is 4.74 Å². The van der Waals surface area contributed by atoms with E-state index in [-0.39, 0.29) is 0 Å². The molecule has 0 amide bonds. The Kier molecular flexibility index (Phi) is 9.40. The van der Waals surface area contributed by atoms with Crippen molar-refractivity contribution in [2.75, 3.05) is 18.5 Å². The van der Waals surface area contributed by atoms with Crippen LogP contribution >= 0.6 is 15.9 Å². The average molecular weight is 333 g/mol. The minimum Gasteiger partial charge on any atom is -0.381 e. The first-order valence-corrected chi connectivity index (χ1v) is 9.52. The Morgan fingerprint density at radius 1 is 1.05 bits per heavy atom. The van der Waals surface area contributed by atoms with Gasteiger partial charge in [0.2, 0.25) is 0 Å². The van der Waals surface area contributed by atoms with Crippen LogP contribution in [0, 0.1) is 11.3 Å². The number of rotatable bonds is 10. The van der Waals surface area contributed by atoms with Gasteiger partial charge in [-0.2, -0.15) is 0 Å². The van der Waals surface area contributed by atoms with Gasteiger partial charge in [-0.05, 0) is 49.9 Å². The maximum atomic E-state index is 5.77. The highest BCUT2D eigenvalue weighted by Gasteiger charge is 2.33. The lowest BCUT2D eigenvalue weighted by Crippen LogP contribution is -2.30. The van der Waals surface area contributed by atoms with Crippen molar-refractivity contribution in [2.24, 2.45) is 11.3 Å². The summed E-state index contributed by atoms with van der Waals surface area (Å²) in [5.74, 6) is 1.01. The highest BCUT2D eigenvalue weighted by Crippen LogP contribution is 2.44. The molecule has 0 radical (unpaired) electrons. The molecule has 1 aliphatic carbocycles. The molecule has 0 aromatic rings. The summed E-state index contributed by atoms with van der Waals surface area (Å²) in [6.45, 7) is 6.44. The van der Waals surface area contributed by atoms with Crippen molar-refractivity contribution in [3.63, 3.8) is 0 Å². The van der Waals surface area contributed by atoms with E-state index in [1.54, 1.807) is 0 Å². The van der Waals surface area contributed by atoms with E-state index in [0.717, 1.165) is 24.5 Å². The molecule has 19 heavy (non-hydrogen) atoms. The van der Waals surface area contributed by atoms with Crippen molar-refractivity contribution in [1.82, 2.24) is 0 Å². The molecule has 1 rings (SSSR count). The van der Waals surface area contributed by atoms with Crippen LogP contribution < -0.4 is 0 Å². The molecule has 0 N–H and O–H groups in total. The number of unbranched alkanes of at least 4 members (excludes halogenated alkanes) is 2. The normalized spacial score (nSPS) is 27.6. The van der Waals surface area contributed by atoms with Crippen LogP contribution in [0.4, 0.5) is 0 Å². The zero-order valence-corrected chi connectivity index (χ0v) is 14.6. The first-order valence-electron chi connectivity index (χ1n) is 8.40. The molecule has 114 valence electrons. The van der Waals surface area contributed by atoms with E-state index in [1.807, 2.05) is 0 Å². The highest BCUT2D eigenvalue weighted by molar-refractivity contribution is 9.09. The first kappa shape index (κ1) is 17.5. The minimum absolute atomic E-state index is 0.537. The zero-order chi connectivity index (χ0) is 14.0. The van der Waals surface area contributed by atoms with Crippen LogP contribution in [0.5, 0.6) is 0 Å². The smallest absolute Gasteiger partial charge is 0.0471 e. The summed E-state index contributed by atoms with van der Waals surface area (Å²) in [4.78, 5) is 0. The standard InChI is InChI=1S/C17H33BrO/c1-3-5-7-16-8-10-17(15-18,11-9-16)12-14-19-13-6-4-2/h16H,3-15H2,1-2H3. The van der Waals surface area contributed by atoms with Crippen LogP contribution in [0.25, 0.3) is 0 Å². The fraction of sp³-hybridized carbons (Fsp3) is 1.00. The van der Waals surface area contributed by atoms with Gasteiger partial charge in [0.1, 0.15) is 0 Å². The summed E-state index contributed by atoms with van der Waals surface area (Å²) in [6.07, 6.45) is 13.6. The molecule has 1 nitrogen and oxygen atoms in total. The molecule has 0 bridgehead atoms. The van der Waals surface area contributed by atoms with Crippen molar-refractivity contribution in [1.29, 1.82) is 0 Å². The topological polar surface area (TPSA) is 9.23 Å². The molecule has 1 saturated carbocycles. The average Bonchev–Trinajstić information content (AvgIpc) is 2.46. The Bertz CT molecular complexity index is 204. The molecule has 1 fully saturated rings. The lowest BCUT2D eigenvalue weighted by molar-refractivity contribution is 0.0734. The largest absolute Gasteiger partial charge is 0.381 e. The van der Waals surface area contributed by atoms with E-state index >= 15 is 0 Å². The fourth-order valence-corrected chi connectivity index (χ4v) is 4.00. The Hall–Kier alpha value is 0.440. The van der Waals surface area contributed by atoms with Crippen LogP contribution in [0.3, 0.4) is 0 Å². The van der Waals surface area contributed by atoms with Crippen LogP contribution in [0.15, 0.2) is 0 Å². The Morgan fingerprint density at radius 2 is 1.74 bits per heavy atom. The van der Waals surface area contributed by atoms with E-state index in [2.05, 4.69) is 29.8 Å². The van der Waals surface area contributed by atoms with Gasteiger partial charge in [-0.25, -0.2) is 0 Å². The summed E-state index contributed by atoms with van der Waals surface area (Å²) in [7, 11) is 0. The molecule has 0 atom stereocenters. The number of ether oxygens (including phenoxy) is 1. The van der Waals surface area contributed by atoms with E-state index in [0.29, 0.717) is 5.41 Å². The van der Waals surface area contributed by atoms with Gasteiger partial charge in [-0.1, -0.05) is 55.5 Å². The lowest BCUT2D eigenvalue weighted by Gasteiger charge is -2.39. The maximum Gasteiger partial charge on any atom is 0.0471 e. The summed E-state index contributed by atoms with van der Waals surface area (Å²) in [5.41, 5.74) is 0.537. The van der Waals surface area contributed by atoms with E-state index in [4.69, 9.17) is 4.74 Å². The second kappa shape index (κ2) is 10.2. The summed E-state index contributed by atoms with van der Waals surface area (Å²) < 4.78 is 5.77. The maximum absolute atomic E-state index is 5.77. The summed E-state index contributed by atoms with van der Waals surface area (Å²) in [5, 5.41) is 1.16. The van der Waals surface area contributed by atoms with Crippen molar-refractivity contribution < 1.29 is 4.74 Å². The lowest BCUT2D eigenvalue weighted by atomic mass is 9.69. The molecule has 0 aromatic heterocycles. The van der Waals surface area contributed by atoms with Gasteiger partial charge in [0.05, 0.1) is 0 Å². The van der Waals surface area contributed by atoms with Gasteiger partial charge >= 0.3 is 0 Å². The fourth-order valence-electron chi connectivity index (χ4n) is 3.16. The minimum atomic E-state index is 0.537. The van der Waals surface area contributed by atoms with Gasteiger partial charge in [0.25, 0.3) is 0 Å². The second-order valence-corrected chi connectivity index (χ2v) is 7.00. The Morgan fingerprint density at radius 3 is 2.32 bits per heavy atom. The number of hydrogen-bond donors (Lipinski definition) is 0. The van der Waals surface area contributed by atoms with E-state index < -0.39 is 0 Å². The predicted molar refractivity (Wildman–Crippen MR) is 88.1 cm³/mol. The van der Waals surface area contributed by atoms with Gasteiger partial charge in [-0.3, -0.25) is 0 Å². The molecule has 0 aromatic carbocycles. The van der Waals surface area contributed by atoms with Crippen molar-refractivity contribution >= 4 is 15.9 Å². The van der Waals surface area contributed by atoms with Gasteiger partial charge in [0, 0.05) is 18.5 Å². The third kappa shape index (κ3) is 6.62. The van der Waals surface area contributed by atoms with Crippen LogP contribution in [0.1, 0.15) is 78.1 Å². The molecular formula is C17H33BrO. The zero-order valence-electron chi connectivity index (χ0n) is 13.1. The third-order valence-corrected chi connectivity index (χ3v) is 6.02. The van der Waals surface area contributed by atoms with Crippen molar-refractivity contribution in [3.05, 3.63) is 0 Å². The van der Waals surface area contributed by atoms with Gasteiger partial charge in [-0.15, -0.1) is 0 Å². The van der Waals surface area contributed by atoms with E-state index in [9.17, 15) is 0 Å². The molecular weight excluding hydrogens is 300 g/mol. The van der Waals surface area contributed by atoms with Crippen molar-refractivity contribution in [2.45, 2.75) is 78.1 Å². The van der Waals surface area contributed by atoms with Crippen LogP contribution in [-0.4, -0.2) is 18.5 Å². The summed E-state index contributed by atoms with van der Waals surface area (Å²) in [6, 6.07) is 0. The van der Waals surface area contributed by atoms with Crippen LogP contribution in [-0.2, 0) is 4.74 Å². The van der Waals surface area contributed by atoms with Crippen LogP contribution in [0.2, 0.25) is 0 Å². The van der Waals surface area contributed by atoms with Gasteiger partial charge in [0.15, 0.2) is 0 Å². The molecule has 1 aliphatic rings. The quantitative estimate of drug-likeness (QED) is 0.354. The molecule has 0 spiro atoms. The molecule has 0 aliphatic heterocycles. The summed E-state index contributed by atoms with van der Waals surface area (Å²) >= 11 is 3.77. The monoisotopic (exact) mass is 332 g/mol.